The van der Waals surface area contributed by atoms with Gasteiger partial charge in [0.2, 0.25) is 17.7 Å². The molecule has 8 N–H and O–H groups in total. The van der Waals surface area contributed by atoms with Gasteiger partial charge in [-0.15, -0.1) is 0 Å². The average Bonchev–Trinajstić information content (AvgIpc) is 2.65. The molecular formula is C18H30N4O9. The molecule has 0 rings (SSSR count). The van der Waals surface area contributed by atoms with Gasteiger partial charge in [-0.25, -0.2) is 0 Å². The van der Waals surface area contributed by atoms with E-state index in [1.54, 1.807) is 13.8 Å². The first kappa shape index (κ1) is 27.8. The van der Waals surface area contributed by atoms with Gasteiger partial charge in [0.05, 0.1) is 6.04 Å². The van der Waals surface area contributed by atoms with Crippen molar-refractivity contribution in [3.63, 3.8) is 0 Å². The summed E-state index contributed by atoms with van der Waals surface area (Å²) >= 11 is 0. The van der Waals surface area contributed by atoms with E-state index in [4.69, 9.17) is 21.1 Å². The van der Waals surface area contributed by atoms with E-state index >= 15 is 0 Å². The molecule has 0 heterocycles. The van der Waals surface area contributed by atoms with Crippen LogP contribution in [0.1, 0.15) is 46.0 Å². The number of carbonyl (C=O) groups excluding carboxylic acids is 3. The van der Waals surface area contributed by atoms with Crippen molar-refractivity contribution in [2.24, 2.45) is 11.7 Å². The molecule has 0 saturated carbocycles. The molecular weight excluding hydrogens is 416 g/mol. The van der Waals surface area contributed by atoms with Gasteiger partial charge in [0.15, 0.2) is 0 Å². The topological polar surface area (TPSA) is 225 Å². The van der Waals surface area contributed by atoms with Crippen LogP contribution < -0.4 is 21.7 Å². The lowest BCUT2D eigenvalue weighted by Gasteiger charge is -2.25. The molecule has 3 atom stereocenters. The molecule has 0 aromatic carbocycles. The Balaban J connectivity index is 5.27. The van der Waals surface area contributed by atoms with Gasteiger partial charge in [-0.05, 0) is 25.2 Å². The van der Waals surface area contributed by atoms with Crippen LogP contribution in [0, 0.1) is 5.92 Å². The van der Waals surface area contributed by atoms with Crippen molar-refractivity contribution in [2.75, 3.05) is 6.54 Å². The van der Waals surface area contributed by atoms with Crippen molar-refractivity contribution < 1.29 is 44.1 Å². The van der Waals surface area contributed by atoms with Gasteiger partial charge in [0.25, 0.3) is 0 Å². The highest BCUT2D eigenvalue weighted by Gasteiger charge is 2.29. The summed E-state index contributed by atoms with van der Waals surface area (Å²) in [5, 5.41) is 33.0. The molecule has 0 radical (unpaired) electrons. The van der Waals surface area contributed by atoms with E-state index in [1.165, 1.54) is 0 Å². The van der Waals surface area contributed by atoms with E-state index in [2.05, 4.69) is 16.0 Å². The normalized spacial score (nSPS) is 13.5. The summed E-state index contributed by atoms with van der Waals surface area (Å²) in [5.41, 5.74) is 5.65. The Kier molecular flexibility index (Phi) is 12.5. The fourth-order valence-electron chi connectivity index (χ4n) is 2.49. The highest BCUT2D eigenvalue weighted by Crippen LogP contribution is 2.08. The lowest BCUT2D eigenvalue weighted by Crippen LogP contribution is -2.56. The van der Waals surface area contributed by atoms with Crippen LogP contribution in [-0.4, -0.2) is 75.6 Å². The second-order valence-corrected chi connectivity index (χ2v) is 7.33. The number of aliphatic carboxylic acids is 3. The number of nitrogens with two attached hydrogens (primary N) is 1. The van der Waals surface area contributed by atoms with Crippen molar-refractivity contribution >= 4 is 35.6 Å². The van der Waals surface area contributed by atoms with Crippen LogP contribution >= 0.6 is 0 Å². The fourth-order valence-corrected chi connectivity index (χ4v) is 2.49. The van der Waals surface area contributed by atoms with Crippen LogP contribution in [0.4, 0.5) is 0 Å². The van der Waals surface area contributed by atoms with Crippen molar-refractivity contribution in [3.05, 3.63) is 0 Å². The van der Waals surface area contributed by atoms with Crippen molar-refractivity contribution in [3.8, 4) is 0 Å². The first-order chi connectivity index (χ1) is 14.3. The number of rotatable bonds is 15. The maximum absolute atomic E-state index is 12.7. The molecule has 0 aromatic rings. The third kappa shape index (κ3) is 12.8. The second kappa shape index (κ2) is 13.9. The summed E-state index contributed by atoms with van der Waals surface area (Å²) in [5.74, 6) is -6.16. The van der Waals surface area contributed by atoms with Gasteiger partial charge in [-0.2, -0.15) is 0 Å². The van der Waals surface area contributed by atoms with Crippen LogP contribution in [0.25, 0.3) is 0 Å². The van der Waals surface area contributed by atoms with Crippen LogP contribution in [0.3, 0.4) is 0 Å². The van der Waals surface area contributed by atoms with E-state index < -0.39 is 66.7 Å². The molecule has 13 heteroatoms. The average molecular weight is 446 g/mol. The summed E-state index contributed by atoms with van der Waals surface area (Å²) in [4.78, 5) is 69.2. The van der Waals surface area contributed by atoms with Gasteiger partial charge < -0.3 is 37.0 Å². The number of carboxylic acid groups (broad SMARTS) is 3. The molecule has 0 aromatic heterocycles. The Hall–Kier alpha value is -3.22. The number of carboxylic acids is 3. The molecule has 0 aliphatic rings. The summed E-state index contributed by atoms with van der Waals surface area (Å²) in [6.07, 6.45) is -1.09. The predicted molar refractivity (Wildman–Crippen MR) is 106 cm³/mol. The zero-order valence-electron chi connectivity index (χ0n) is 17.4. The van der Waals surface area contributed by atoms with Gasteiger partial charge in [-0.1, -0.05) is 13.8 Å². The van der Waals surface area contributed by atoms with Crippen molar-refractivity contribution in [1.29, 1.82) is 0 Å². The minimum absolute atomic E-state index is 0.0652. The summed E-state index contributed by atoms with van der Waals surface area (Å²) in [6.45, 7) is 2.83. The standard InChI is InChI=1S/C18H30N4O9/c1-9(2)7-12(22-16(29)10(19)3-5-13(23)24)18(31)21-11(4-6-14(25)26)17(30)20-8-15(27)28/h9-12H,3-8,19H2,1-2H3,(H,20,30)(H,21,31)(H,22,29)(H,23,24)(H,25,26)(H,27,28). The Morgan fingerprint density at radius 2 is 1.26 bits per heavy atom. The first-order valence-electron chi connectivity index (χ1n) is 9.62. The molecule has 13 nitrogen and oxygen atoms in total. The largest absolute Gasteiger partial charge is 0.481 e. The zero-order valence-corrected chi connectivity index (χ0v) is 17.4. The molecule has 0 spiro atoms. The molecule has 31 heavy (non-hydrogen) atoms. The quantitative estimate of drug-likeness (QED) is 0.150. The lowest BCUT2D eigenvalue weighted by molar-refractivity contribution is -0.140. The second-order valence-electron chi connectivity index (χ2n) is 7.33. The third-order valence-corrected chi connectivity index (χ3v) is 4.04. The lowest BCUT2D eigenvalue weighted by atomic mass is 10.0. The van der Waals surface area contributed by atoms with E-state index in [-0.39, 0.29) is 31.6 Å². The molecule has 0 bridgehead atoms. The molecule has 0 saturated heterocycles. The van der Waals surface area contributed by atoms with Gasteiger partial charge in [0.1, 0.15) is 18.6 Å². The minimum Gasteiger partial charge on any atom is -0.481 e. The molecule has 3 unspecified atom stereocenters. The van der Waals surface area contributed by atoms with E-state index in [0.29, 0.717) is 0 Å². The maximum atomic E-state index is 12.7. The smallest absolute Gasteiger partial charge is 0.322 e. The number of hydrogen-bond acceptors (Lipinski definition) is 7. The van der Waals surface area contributed by atoms with E-state index in [9.17, 15) is 28.8 Å². The Labute approximate surface area is 178 Å². The molecule has 176 valence electrons. The first-order valence-corrected chi connectivity index (χ1v) is 9.62. The number of carbonyl (C=O) groups is 6. The van der Waals surface area contributed by atoms with Crippen molar-refractivity contribution in [2.45, 2.75) is 64.1 Å². The summed E-state index contributed by atoms with van der Waals surface area (Å²) in [6, 6.07) is -3.63. The summed E-state index contributed by atoms with van der Waals surface area (Å²) < 4.78 is 0. The van der Waals surface area contributed by atoms with Crippen LogP contribution in [-0.2, 0) is 28.8 Å². The van der Waals surface area contributed by atoms with Gasteiger partial charge in [-0.3, -0.25) is 28.8 Å². The number of nitrogens with one attached hydrogen (secondary N) is 3. The van der Waals surface area contributed by atoms with Crippen LogP contribution in [0.2, 0.25) is 0 Å². The zero-order chi connectivity index (χ0) is 24.1. The predicted octanol–water partition coefficient (Wildman–Crippen LogP) is -1.74. The third-order valence-electron chi connectivity index (χ3n) is 4.04. The maximum Gasteiger partial charge on any atom is 0.322 e. The Morgan fingerprint density at radius 1 is 0.742 bits per heavy atom. The van der Waals surface area contributed by atoms with Crippen LogP contribution in [0.5, 0.6) is 0 Å². The highest BCUT2D eigenvalue weighted by atomic mass is 16.4. The summed E-state index contributed by atoms with van der Waals surface area (Å²) in [7, 11) is 0. The van der Waals surface area contributed by atoms with Crippen LogP contribution in [0.15, 0.2) is 0 Å². The van der Waals surface area contributed by atoms with Gasteiger partial charge >= 0.3 is 17.9 Å². The molecule has 0 aliphatic carbocycles. The van der Waals surface area contributed by atoms with E-state index in [0.717, 1.165) is 0 Å². The molecule has 3 amide bonds. The number of amides is 3. The molecule has 0 fully saturated rings. The van der Waals surface area contributed by atoms with E-state index in [1.807, 2.05) is 0 Å². The Bertz CT molecular complexity index is 681. The minimum atomic E-state index is -1.34. The fraction of sp³-hybridized carbons (Fsp3) is 0.667. The monoisotopic (exact) mass is 446 g/mol. The highest BCUT2D eigenvalue weighted by molar-refractivity contribution is 5.93. The van der Waals surface area contributed by atoms with Crippen molar-refractivity contribution in [1.82, 2.24) is 16.0 Å². The van der Waals surface area contributed by atoms with Gasteiger partial charge in [0, 0.05) is 12.8 Å². The molecule has 0 aliphatic heterocycles. The Morgan fingerprint density at radius 3 is 1.74 bits per heavy atom. The number of hydrogen-bond donors (Lipinski definition) is 7. The SMILES string of the molecule is CC(C)CC(NC(=O)C(N)CCC(=O)O)C(=O)NC(CCC(=O)O)C(=O)NCC(=O)O.